The molecule has 0 aliphatic carbocycles. The summed E-state index contributed by atoms with van der Waals surface area (Å²) in [6.07, 6.45) is 1.41. The zero-order valence-corrected chi connectivity index (χ0v) is 19.1. The molecule has 1 aliphatic rings. The maximum atomic E-state index is 13.1. The van der Waals surface area contributed by atoms with Crippen LogP contribution in [0.2, 0.25) is 5.02 Å². The summed E-state index contributed by atoms with van der Waals surface area (Å²) in [5.41, 5.74) is 0.880. The molecule has 0 unspecified atom stereocenters. The first kappa shape index (κ1) is 22.4. The van der Waals surface area contributed by atoms with Gasteiger partial charge in [-0.3, -0.25) is 4.79 Å². The van der Waals surface area contributed by atoms with Crippen LogP contribution < -0.4 is 5.32 Å². The lowest BCUT2D eigenvalue weighted by molar-refractivity contribution is 0.102. The number of nitrogens with zero attached hydrogens (tertiary/aromatic N) is 4. The number of nitriles is 1. The van der Waals surface area contributed by atoms with Gasteiger partial charge in [0.1, 0.15) is 5.01 Å². The van der Waals surface area contributed by atoms with Crippen LogP contribution >= 0.6 is 22.9 Å². The highest BCUT2D eigenvalue weighted by Gasteiger charge is 2.33. The van der Waals surface area contributed by atoms with Crippen molar-refractivity contribution in [2.24, 2.45) is 0 Å². The van der Waals surface area contributed by atoms with Gasteiger partial charge in [-0.25, -0.2) is 8.42 Å². The van der Waals surface area contributed by atoms with E-state index in [4.69, 9.17) is 16.9 Å². The minimum atomic E-state index is -3.74. The SMILES string of the molecule is N#Cc1cccc(S(=O)(=O)N2CCC[C@H](c3nnc(C(=O)Nc4ccc(Cl)cc4)s3)C2)c1. The average molecular weight is 488 g/mol. The topological polar surface area (TPSA) is 116 Å². The molecule has 1 aliphatic heterocycles. The number of amides is 1. The van der Waals surface area contributed by atoms with Gasteiger partial charge in [0.05, 0.1) is 16.5 Å². The van der Waals surface area contributed by atoms with Crippen molar-refractivity contribution in [1.29, 1.82) is 5.26 Å². The quantitative estimate of drug-likeness (QED) is 0.583. The highest BCUT2D eigenvalue weighted by atomic mass is 35.5. The second-order valence-corrected chi connectivity index (χ2v) is 10.6. The summed E-state index contributed by atoms with van der Waals surface area (Å²) in [6.45, 7) is 0.630. The fourth-order valence-electron chi connectivity index (χ4n) is 3.45. The Morgan fingerprint density at radius 2 is 2.00 bits per heavy atom. The second-order valence-electron chi connectivity index (χ2n) is 7.25. The number of benzene rings is 2. The van der Waals surface area contributed by atoms with E-state index in [1.807, 2.05) is 6.07 Å². The monoisotopic (exact) mass is 487 g/mol. The van der Waals surface area contributed by atoms with Gasteiger partial charge >= 0.3 is 0 Å². The van der Waals surface area contributed by atoms with Gasteiger partial charge in [-0.05, 0) is 55.3 Å². The molecule has 32 heavy (non-hydrogen) atoms. The van der Waals surface area contributed by atoms with Crippen molar-refractivity contribution in [3.63, 3.8) is 0 Å². The predicted molar refractivity (Wildman–Crippen MR) is 121 cm³/mol. The number of halogens is 1. The predicted octanol–water partition coefficient (Wildman–Crippen LogP) is 3.88. The smallest absolute Gasteiger partial charge is 0.286 e. The molecule has 8 nitrogen and oxygen atoms in total. The number of carbonyl (C=O) groups excluding carboxylic acids is 1. The Morgan fingerprint density at radius 1 is 1.22 bits per heavy atom. The van der Waals surface area contributed by atoms with Crippen LogP contribution in [0.25, 0.3) is 0 Å². The Morgan fingerprint density at radius 3 is 2.75 bits per heavy atom. The van der Waals surface area contributed by atoms with Gasteiger partial charge in [0.2, 0.25) is 15.0 Å². The second kappa shape index (κ2) is 9.34. The number of rotatable bonds is 5. The fraction of sp³-hybridized carbons (Fsp3) is 0.238. The third-order valence-corrected chi connectivity index (χ3v) is 8.27. The molecular weight excluding hydrogens is 470 g/mol. The molecule has 0 bridgehead atoms. The van der Waals surface area contributed by atoms with E-state index in [1.165, 1.54) is 16.4 Å². The van der Waals surface area contributed by atoms with E-state index < -0.39 is 10.0 Å². The van der Waals surface area contributed by atoms with Crippen LogP contribution in [0.4, 0.5) is 5.69 Å². The lowest BCUT2D eigenvalue weighted by atomic mass is 10.0. The molecule has 3 aromatic rings. The van der Waals surface area contributed by atoms with Crippen LogP contribution in [0.5, 0.6) is 0 Å². The molecule has 11 heteroatoms. The first-order valence-electron chi connectivity index (χ1n) is 9.77. The third kappa shape index (κ3) is 4.81. The van der Waals surface area contributed by atoms with E-state index in [9.17, 15) is 13.2 Å². The molecule has 1 atom stereocenters. The van der Waals surface area contributed by atoms with E-state index in [1.54, 1.807) is 36.4 Å². The van der Waals surface area contributed by atoms with E-state index >= 15 is 0 Å². The molecule has 4 rings (SSSR count). The van der Waals surface area contributed by atoms with Crippen molar-refractivity contribution >= 4 is 44.6 Å². The maximum Gasteiger partial charge on any atom is 0.286 e. The van der Waals surface area contributed by atoms with Crippen LogP contribution in [0, 0.1) is 11.3 Å². The van der Waals surface area contributed by atoms with Crippen LogP contribution in [0.3, 0.4) is 0 Å². The molecule has 0 saturated carbocycles. The largest absolute Gasteiger partial charge is 0.320 e. The number of hydrogen-bond acceptors (Lipinski definition) is 7. The zero-order chi connectivity index (χ0) is 22.7. The van der Waals surface area contributed by atoms with Gasteiger partial charge in [0.25, 0.3) is 5.91 Å². The minimum Gasteiger partial charge on any atom is -0.320 e. The van der Waals surface area contributed by atoms with Gasteiger partial charge in [-0.2, -0.15) is 9.57 Å². The van der Waals surface area contributed by atoms with E-state index in [2.05, 4.69) is 15.5 Å². The lowest BCUT2D eigenvalue weighted by Gasteiger charge is -2.30. The molecular formula is C21H18ClN5O3S2. The summed E-state index contributed by atoms with van der Waals surface area (Å²) in [6, 6.07) is 14.7. The standard InChI is InChI=1S/C21H18ClN5O3S2/c22-16-6-8-17(9-7-16)24-19(28)21-26-25-20(31-21)15-4-2-10-27(13-15)32(29,30)18-5-1-3-14(11-18)12-23/h1,3,5-9,11,15H,2,4,10,13H2,(H,24,28)/t15-/m0/s1. The molecule has 2 aromatic carbocycles. The molecule has 1 aromatic heterocycles. The van der Waals surface area contributed by atoms with Crippen LogP contribution in [-0.4, -0.2) is 41.9 Å². The Balaban J connectivity index is 1.48. The first-order valence-corrected chi connectivity index (χ1v) is 12.4. The van der Waals surface area contributed by atoms with Crippen molar-refractivity contribution < 1.29 is 13.2 Å². The third-order valence-electron chi connectivity index (χ3n) is 5.07. The van der Waals surface area contributed by atoms with Crippen LogP contribution in [-0.2, 0) is 10.0 Å². The summed E-state index contributed by atoms with van der Waals surface area (Å²) in [5.74, 6) is -0.545. The highest BCUT2D eigenvalue weighted by Crippen LogP contribution is 2.32. The lowest BCUT2D eigenvalue weighted by Crippen LogP contribution is -2.39. The van der Waals surface area contributed by atoms with E-state index in [0.717, 1.165) is 17.8 Å². The van der Waals surface area contributed by atoms with Crippen molar-refractivity contribution in [3.05, 3.63) is 69.1 Å². The van der Waals surface area contributed by atoms with E-state index in [0.29, 0.717) is 34.2 Å². The van der Waals surface area contributed by atoms with Gasteiger partial charge in [0, 0.05) is 29.7 Å². The van der Waals surface area contributed by atoms with Gasteiger partial charge < -0.3 is 5.32 Å². The van der Waals surface area contributed by atoms with Gasteiger partial charge in [-0.1, -0.05) is 29.0 Å². The molecule has 164 valence electrons. The molecule has 1 amide bonds. The molecule has 1 saturated heterocycles. The normalized spacial score (nSPS) is 16.9. The number of nitrogens with one attached hydrogen (secondary N) is 1. The van der Waals surface area contributed by atoms with Crippen molar-refractivity contribution in [2.75, 3.05) is 18.4 Å². The highest BCUT2D eigenvalue weighted by molar-refractivity contribution is 7.89. The number of piperidine rings is 1. The Labute approximate surface area is 194 Å². The average Bonchev–Trinajstić information content (AvgIpc) is 3.31. The summed E-state index contributed by atoms with van der Waals surface area (Å²) < 4.78 is 27.6. The Bertz CT molecular complexity index is 1290. The summed E-state index contributed by atoms with van der Waals surface area (Å²) in [7, 11) is -3.74. The van der Waals surface area contributed by atoms with Crippen LogP contribution in [0.1, 0.15) is 39.1 Å². The van der Waals surface area contributed by atoms with Crippen molar-refractivity contribution in [1.82, 2.24) is 14.5 Å². The molecule has 1 N–H and O–H groups in total. The summed E-state index contributed by atoms with van der Waals surface area (Å²) in [5, 5.41) is 21.4. The number of hydrogen-bond donors (Lipinski definition) is 1. The van der Waals surface area contributed by atoms with E-state index in [-0.39, 0.29) is 28.3 Å². The molecule has 1 fully saturated rings. The Hall–Kier alpha value is -2.84. The number of aromatic nitrogens is 2. The van der Waals surface area contributed by atoms with Crippen molar-refractivity contribution in [3.8, 4) is 6.07 Å². The maximum absolute atomic E-state index is 13.1. The van der Waals surface area contributed by atoms with Gasteiger partial charge in [0.15, 0.2) is 0 Å². The summed E-state index contributed by atoms with van der Waals surface area (Å²) in [4.78, 5) is 12.6. The summed E-state index contributed by atoms with van der Waals surface area (Å²) >= 11 is 7.02. The van der Waals surface area contributed by atoms with Crippen molar-refractivity contribution in [2.45, 2.75) is 23.7 Å². The molecule has 2 heterocycles. The number of sulfonamides is 1. The number of anilines is 1. The van der Waals surface area contributed by atoms with Gasteiger partial charge in [-0.15, -0.1) is 10.2 Å². The Kier molecular flexibility index (Phi) is 6.53. The fourth-order valence-corrected chi connectivity index (χ4v) is 6.01. The number of carbonyl (C=O) groups is 1. The first-order chi connectivity index (χ1) is 15.4. The molecule has 0 spiro atoms. The van der Waals surface area contributed by atoms with Crippen LogP contribution in [0.15, 0.2) is 53.4 Å². The zero-order valence-electron chi connectivity index (χ0n) is 16.7. The molecule has 0 radical (unpaired) electrons. The minimum absolute atomic E-state index is 0.0949.